The van der Waals surface area contributed by atoms with E-state index in [9.17, 15) is 39.3 Å². The molecule has 5 heterocycles. The second kappa shape index (κ2) is 15.5. The van der Waals surface area contributed by atoms with E-state index < -0.39 is 68.3 Å². The molecule has 2 aromatic heterocycles. The average Bonchev–Trinajstić information content (AvgIpc) is 3.86. The maximum Gasteiger partial charge on any atom is 0.352 e. The van der Waals surface area contributed by atoms with Gasteiger partial charge in [-0.2, -0.15) is 0 Å². The molecule has 2 amide bonds. The summed E-state index contributed by atoms with van der Waals surface area (Å²) < 4.78 is 15.0. The predicted molar refractivity (Wildman–Crippen MR) is 210 cm³/mol. The number of oxime groups is 1. The van der Waals surface area contributed by atoms with E-state index in [0.29, 0.717) is 48.0 Å². The Morgan fingerprint density at radius 2 is 2.00 bits per heavy atom. The quantitative estimate of drug-likeness (QED) is 0.0776. The fraction of sp³-hybridized carbons (Fsp3) is 0.444. The summed E-state index contributed by atoms with van der Waals surface area (Å²) in [6.45, 7) is 7.22. The van der Waals surface area contributed by atoms with E-state index in [0.717, 1.165) is 52.8 Å². The SMILES string of the molecule is CCN1CCNCC1c1cc2nccc(C(SC3(C(=O)O)CC3)C3=C(C(=O)O)N4C(=O)C(NC(=O)/C(=N\OC(C)(C)C(=O)O)c5csc(N)n5)[C@@H]4SC3)c2cc1F. The normalized spacial score (nSPS) is 22.7. The van der Waals surface area contributed by atoms with Crippen LogP contribution in [-0.2, 0) is 28.8 Å². The predicted octanol–water partition coefficient (Wildman–Crippen LogP) is 2.79. The number of piperazine rings is 1. The number of nitrogens with two attached hydrogens (primary N) is 1. The molecule has 17 nitrogen and oxygen atoms in total. The van der Waals surface area contributed by atoms with Crippen LogP contribution >= 0.6 is 34.9 Å². The third-order valence-electron chi connectivity index (χ3n) is 10.4. The zero-order chi connectivity index (χ0) is 41.0. The number of amides is 2. The molecule has 3 unspecified atom stereocenters. The third-order valence-corrected chi connectivity index (χ3v) is 14.2. The Morgan fingerprint density at radius 3 is 2.63 bits per heavy atom. The number of carbonyl (C=O) groups excluding carboxylic acids is 2. The number of pyridine rings is 1. The van der Waals surface area contributed by atoms with Gasteiger partial charge in [0.1, 0.15) is 33.4 Å². The van der Waals surface area contributed by atoms with Crippen LogP contribution in [0.15, 0.2) is 46.2 Å². The number of carboxylic acids is 3. The molecule has 1 aliphatic carbocycles. The highest BCUT2D eigenvalue weighted by Crippen LogP contribution is 2.59. The molecular formula is C36H39FN8O9S3. The Balaban J connectivity index is 1.24. The number of benzene rings is 1. The van der Waals surface area contributed by atoms with Crippen LogP contribution in [-0.4, -0.2) is 124 Å². The molecule has 0 bridgehead atoms. The monoisotopic (exact) mass is 842 g/mol. The van der Waals surface area contributed by atoms with Crippen molar-refractivity contribution >= 4 is 86.3 Å². The molecule has 7 rings (SSSR count). The number of hydrogen-bond donors (Lipinski definition) is 6. The van der Waals surface area contributed by atoms with Crippen LogP contribution in [0.4, 0.5) is 9.52 Å². The Labute approximate surface area is 337 Å². The molecule has 3 aromatic rings. The lowest BCUT2D eigenvalue weighted by atomic mass is 9.94. The van der Waals surface area contributed by atoms with Crippen molar-refractivity contribution in [3.8, 4) is 0 Å². The number of nitrogens with zero attached hydrogens (tertiary/aromatic N) is 5. The van der Waals surface area contributed by atoms with Crippen molar-refractivity contribution in [1.29, 1.82) is 0 Å². The average molecular weight is 843 g/mol. The zero-order valence-electron chi connectivity index (χ0n) is 30.9. The minimum absolute atomic E-state index is 0.0128. The highest BCUT2D eigenvalue weighted by Gasteiger charge is 2.58. The first kappa shape index (κ1) is 40.4. The fourth-order valence-electron chi connectivity index (χ4n) is 7.02. The number of aliphatic carboxylic acids is 3. The molecule has 0 radical (unpaired) electrons. The number of halogens is 1. The molecular weight excluding hydrogens is 804 g/mol. The van der Waals surface area contributed by atoms with Gasteiger partial charge in [0.2, 0.25) is 5.60 Å². The molecule has 3 fully saturated rings. The van der Waals surface area contributed by atoms with Crippen LogP contribution in [0.2, 0.25) is 0 Å². The van der Waals surface area contributed by atoms with Gasteiger partial charge >= 0.3 is 17.9 Å². The summed E-state index contributed by atoms with van der Waals surface area (Å²) in [4.78, 5) is 81.8. The lowest BCUT2D eigenvalue weighted by Gasteiger charge is -2.50. The van der Waals surface area contributed by atoms with E-state index >= 15 is 4.39 Å². The number of hydrogen-bond acceptors (Lipinski definition) is 15. The van der Waals surface area contributed by atoms with E-state index in [1.807, 2.05) is 6.92 Å². The van der Waals surface area contributed by atoms with Gasteiger partial charge in [0.05, 0.1) is 16.8 Å². The Morgan fingerprint density at radius 1 is 1.25 bits per heavy atom. The number of thiazole rings is 1. The number of likely N-dealkylation sites (N-methyl/N-ethyl adjacent to an activating group) is 1. The van der Waals surface area contributed by atoms with Gasteiger partial charge in [-0.15, -0.1) is 34.9 Å². The highest BCUT2D eigenvalue weighted by molar-refractivity contribution is 8.02. The maximum absolute atomic E-state index is 16.2. The fourth-order valence-corrected chi connectivity index (χ4v) is 10.6. The van der Waals surface area contributed by atoms with Crippen LogP contribution < -0.4 is 16.4 Å². The van der Waals surface area contributed by atoms with Gasteiger partial charge in [0, 0.05) is 47.9 Å². The number of carbonyl (C=O) groups is 5. The van der Waals surface area contributed by atoms with E-state index in [1.54, 1.807) is 12.1 Å². The number of nitrogen functional groups attached to an aromatic ring is 1. The third kappa shape index (κ3) is 7.53. The molecule has 1 saturated carbocycles. The highest BCUT2D eigenvalue weighted by atomic mass is 32.2. The number of carboxylic acid groups (broad SMARTS) is 3. The molecule has 4 aliphatic rings. The lowest BCUT2D eigenvalue weighted by molar-refractivity contribution is -0.161. The van der Waals surface area contributed by atoms with E-state index in [1.165, 1.54) is 31.5 Å². The van der Waals surface area contributed by atoms with E-state index in [-0.39, 0.29) is 33.9 Å². The van der Waals surface area contributed by atoms with Gasteiger partial charge in [-0.3, -0.25) is 29.2 Å². The molecule has 1 aromatic carbocycles. The summed E-state index contributed by atoms with van der Waals surface area (Å²) in [5.41, 5.74) is 4.67. The van der Waals surface area contributed by atoms with E-state index in [4.69, 9.17) is 10.6 Å². The second-order valence-corrected chi connectivity index (χ2v) is 17.9. The van der Waals surface area contributed by atoms with E-state index in [2.05, 4.69) is 30.7 Å². The lowest BCUT2D eigenvalue weighted by Crippen LogP contribution is -2.71. The zero-order valence-corrected chi connectivity index (χ0v) is 33.3. The van der Waals surface area contributed by atoms with Gasteiger partial charge in [-0.1, -0.05) is 12.1 Å². The van der Waals surface area contributed by atoms with Crippen LogP contribution in [0.1, 0.15) is 61.7 Å². The summed E-state index contributed by atoms with van der Waals surface area (Å²) in [7, 11) is 0. The first-order valence-electron chi connectivity index (χ1n) is 17.9. The summed E-state index contributed by atoms with van der Waals surface area (Å²) in [5.74, 6) is -6.05. The maximum atomic E-state index is 16.2. The number of fused-ring (bicyclic) bond motifs is 2. The van der Waals surface area contributed by atoms with Crippen LogP contribution in [0.5, 0.6) is 0 Å². The number of nitrogens with one attached hydrogen (secondary N) is 2. The summed E-state index contributed by atoms with van der Waals surface area (Å²) >= 11 is 3.21. The van der Waals surface area contributed by atoms with Gasteiger partial charge in [-0.05, 0) is 62.6 Å². The summed E-state index contributed by atoms with van der Waals surface area (Å²) in [5, 5.41) is 40.1. The van der Waals surface area contributed by atoms with Crippen molar-refractivity contribution in [2.24, 2.45) is 5.16 Å². The largest absolute Gasteiger partial charge is 0.480 e. The molecule has 0 spiro atoms. The molecule has 2 saturated heterocycles. The van der Waals surface area contributed by atoms with Crippen molar-refractivity contribution in [2.75, 3.05) is 37.7 Å². The number of rotatable bonds is 14. The smallest absolute Gasteiger partial charge is 0.352 e. The number of thioether (sulfide) groups is 2. The standard InChI is InChI=1S/C36H39FN8O9S3/c1-4-44-10-9-39-13-23(44)18-12-21-17(11-20(18)37)16(5-8-40-21)27(57-36(6-7-36)33(52)53)19-14-55-30-25(29(47)45(30)26(19)31(48)49)42-28(46)24(22-15-56-34(38)41-22)43-54-35(2,3)32(50)51/h5,8,11-12,15,23,25,27,30,39H,4,6-7,9-10,13-14H2,1-3H3,(H2,38,41)(H,42,46)(H,48,49)(H,50,51)(H,52,53)/b43-24-/t23?,25?,27?,30-/m0/s1. The topological polar surface area (TPSA) is 250 Å². The summed E-state index contributed by atoms with van der Waals surface area (Å²) in [6, 6.07) is 3.21. The molecule has 7 N–H and O–H groups in total. The molecule has 3 aliphatic heterocycles. The van der Waals surface area contributed by atoms with Crippen LogP contribution in [0.3, 0.4) is 0 Å². The van der Waals surface area contributed by atoms with Crippen molar-refractivity contribution in [1.82, 2.24) is 30.4 Å². The molecule has 21 heteroatoms. The van der Waals surface area contributed by atoms with Gasteiger partial charge in [0.15, 0.2) is 10.8 Å². The second-order valence-electron chi connectivity index (χ2n) is 14.4. The Bertz CT molecular complexity index is 2250. The Kier molecular flexibility index (Phi) is 11.0. The number of β-lactam (4-membered cyclic amide) rings is 1. The summed E-state index contributed by atoms with van der Waals surface area (Å²) in [6.07, 6.45) is 2.19. The van der Waals surface area contributed by atoms with Crippen LogP contribution in [0.25, 0.3) is 10.9 Å². The van der Waals surface area contributed by atoms with Crippen molar-refractivity contribution in [3.05, 3.63) is 63.7 Å². The Hall–Kier alpha value is -4.83. The molecule has 4 atom stereocenters. The first-order chi connectivity index (χ1) is 27.1. The molecule has 302 valence electrons. The minimum Gasteiger partial charge on any atom is -0.480 e. The van der Waals surface area contributed by atoms with Crippen molar-refractivity contribution in [3.63, 3.8) is 0 Å². The van der Waals surface area contributed by atoms with Crippen molar-refractivity contribution < 1.29 is 48.5 Å². The van der Waals surface area contributed by atoms with Gasteiger partial charge in [0.25, 0.3) is 11.8 Å². The number of anilines is 1. The minimum atomic E-state index is -1.83. The number of aromatic nitrogens is 2. The molecule has 57 heavy (non-hydrogen) atoms. The van der Waals surface area contributed by atoms with Gasteiger partial charge < -0.3 is 36.5 Å². The van der Waals surface area contributed by atoms with Gasteiger partial charge in [-0.25, -0.2) is 19.0 Å². The first-order valence-corrected chi connectivity index (χ1v) is 20.7. The van der Waals surface area contributed by atoms with Crippen LogP contribution in [0, 0.1) is 5.82 Å². The van der Waals surface area contributed by atoms with Crippen molar-refractivity contribution in [2.45, 2.75) is 66.7 Å².